The van der Waals surface area contributed by atoms with Crippen molar-refractivity contribution in [1.82, 2.24) is 0 Å². The Morgan fingerprint density at radius 1 is 0.710 bits per heavy atom. The summed E-state index contributed by atoms with van der Waals surface area (Å²) in [6, 6.07) is 0. The minimum absolute atomic E-state index is 0.00281. The lowest BCUT2D eigenvalue weighted by Crippen LogP contribution is -2.37. The summed E-state index contributed by atoms with van der Waals surface area (Å²) in [6.07, 6.45) is 37.0. The monoisotopic (exact) mass is 891 g/mol. The van der Waals surface area contributed by atoms with Gasteiger partial charge >= 0.3 is 19.8 Å². The fourth-order valence-electron chi connectivity index (χ4n) is 6.37. The number of aliphatic hydroxyl groups excluding tert-OH is 1. The molecule has 0 radical (unpaired) electrons. The normalized spacial score (nSPS) is 14.5. The van der Waals surface area contributed by atoms with Crippen LogP contribution >= 0.6 is 7.82 Å². The number of hydrogen-bond acceptors (Lipinski definition) is 9. The van der Waals surface area contributed by atoms with Gasteiger partial charge in [0, 0.05) is 25.7 Å². The Kier molecular flexibility index (Phi) is 32.5. The maximum Gasteiger partial charge on any atom is 0.472 e. The molecular formula is C50H85NO10P+. The third-order valence-corrected chi connectivity index (χ3v) is 11.3. The van der Waals surface area contributed by atoms with Crippen molar-refractivity contribution in [1.29, 1.82) is 0 Å². The minimum atomic E-state index is -4.42. The summed E-state index contributed by atoms with van der Waals surface area (Å²) in [5.74, 6) is 1.39. The summed E-state index contributed by atoms with van der Waals surface area (Å²) >= 11 is 0. The van der Waals surface area contributed by atoms with Gasteiger partial charge in [0.2, 0.25) is 0 Å². The van der Waals surface area contributed by atoms with E-state index in [-0.39, 0.29) is 26.1 Å². The van der Waals surface area contributed by atoms with Gasteiger partial charge in [0.1, 0.15) is 31.3 Å². The highest BCUT2D eigenvalue weighted by Crippen LogP contribution is 2.43. The van der Waals surface area contributed by atoms with E-state index in [0.717, 1.165) is 70.0 Å². The molecule has 0 fully saturated rings. The maximum absolute atomic E-state index is 12.8. The van der Waals surface area contributed by atoms with Crippen LogP contribution in [0.25, 0.3) is 0 Å². The summed E-state index contributed by atoms with van der Waals surface area (Å²) in [5, 5.41) is 10.0. The standard InChI is InChI=1S/C50H84NO10P/c1-8-10-12-13-22-28-33-45(52)34-29-23-18-14-16-20-25-31-37-49(53)57-41-46(42-59-62(55,56)58-40-39-51(5,6)7)60-50(54)38-32-26-21-17-15-19-24-30-36-48-44(4)43(3)47(61-48)35-27-11-9-2/h10,12,16,18,20,22-23,28-29,34,45-46,52H,8-9,11,13-15,17,19,21,24-27,30-33,35-42H2,1-7H3/p+1/b12-10-,20-16-,23-18-,28-22-,34-29+/t45?,46-/m1/s1. The fourth-order valence-corrected chi connectivity index (χ4v) is 7.11. The third-order valence-electron chi connectivity index (χ3n) is 10.3. The molecule has 1 aromatic heterocycles. The number of nitrogens with zero attached hydrogens (tertiary/aromatic N) is 1. The van der Waals surface area contributed by atoms with Gasteiger partial charge in [-0.05, 0) is 82.8 Å². The number of carbonyl (C=O) groups excluding carboxylic acids is 2. The number of likely N-dealkylation sites (N-methyl/N-ethyl adjacent to an activating group) is 1. The number of ether oxygens (including phenoxy) is 2. The van der Waals surface area contributed by atoms with Crippen LogP contribution in [0.1, 0.15) is 158 Å². The molecule has 2 N–H and O–H groups in total. The molecule has 354 valence electrons. The first kappa shape index (κ1) is 57.0. The molecule has 0 aliphatic heterocycles. The van der Waals surface area contributed by atoms with E-state index in [4.69, 9.17) is 22.9 Å². The number of phosphoric ester groups is 1. The highest BCUT2D eigenvalue weighted by atomic mass is 31.2. The summed E-state index contributed by atoms with van der Waals surface area (Å²) in [7, 11) is 1.38. The number of quaternary nitrogens is 1. The van der Waals surface area contributed by atoms with Gasteiger partial charge in [-0.1, -0.05) is 126 Å². The highest BCUT2D eigenvalue weighted by Gasteiger charge is 2.27. The third kappa shape index (κ3) is 31.7. The molecule has 3 atom stereocenters. The quantitative estimate of drug-likeness (QED) is 0.0165. The zero-order chi connectivity index (χ0) is 45.9. The molecule has 0 spiro atoms. The van der Waals surface area contributed by atoms with Crippen molar-refractivity contribution >= 4 is 19.8 Å². The van der Waals surface area contributed by atoms with Crippen LogP contribution in [0.3, 0.4) is 0 Å². The molecule has 11 nitrogen and oxygen atoms in total. The first-order valence-electron chi connectivity index (χ1n) is 23.5. The largest absolute Gasteiger partial charge is 0.472 e. The van der Waals surface area contributed by atoms with Crippen molar-refractivity contribution in [3.63, 3.8) is 0 Å². The second-order valence-corrected chi connectivity index (χ2v) is 18.6. The van der Waals surface area contributed by atoms with E-state index in [1.165, 1.54) is 49.0 Å². The van der Waals surface area contributed by atoms with Gasteiger partial charge in [0.05, 0.1) is 33.9 Å². The van der Waals surface area contributed by atoms with Crippen LogP contribution in [0, 0.1) is 13.8 Å². The van der Waals surface area contributed by atoms with Crippen LogP contribution in [-0.2, 0) is 45.5 Å². The number of phosphoric acid groups is 1. The molecule has 1 heterocycles. The van der Waals surface area contributed by atoms with Gasteiger partial charge < -0.3 is 28.4 Å². The van der Waals surface area contributed by atoms with E-state index < -0.39 is 38.6 Å². The number of rotatable bonds is 38. The molecular weight excluding hydrogens is 806 g/mol. The first-order valence-corrected chi connectivity index (χ1v) is 25.0. The number of aliphatic hydroxyl groups is 1. The fraction of sp³-hybridized carbons (Fsp3) is 0.680. The van der Waals surface area contributed by atoms with E-state index in [1.54, 1.807) is 6.08 Å². The molecule has 0 aliphatic carbocycles. The Labute approximate surface area is 375 Å². The lowest BCUT2D eigenvalue weighted by atomic mass is 10.0. The van der Waals surface area contributed by atoms with Crippen molar-refractivity contribution in [3.8, 4) is 0 Å². The zero-order valence-electron chi connectivity index (χ0n) is 39.7. The number of esters is 2. The van der Waals surface area contributed by atoms with Crippen molar-refractivity contribution in [3.05, 3.63) is 83.4 Å². The minimum Gasteiger partial charge on any atom is -0.466 e. The highest BCUT2D eigenvalue weighted by molar-refractivity contribution is 7.47. The van der Waals surface area contributed by atoms with Crippen LogP contribution in [0.15, 0.2) is 65.2 Å². The van der Waals surface area contributed by atoms with Gasteiger partial charge in [-0.2, -0.15) is 0 Å². The SMILES string of the molecule is CC/C=C\C/C=C\CC(O)/C=C/C=C\C/C=C\CCCC(=O)OC[C@H](COP(=O)(O)OCC[N+](C)(C)C)OC(=O)CCCCCCCCCCc1oc(CCCCC)c(C)c1C. The molecule has 0 amide bonds. The lowest BCUT2D eigenvalue weighted by molar-refractivity contribution is -0.870. The molecule has 1 aromatic rings. The van der Waals surface area contributed by atoms with Gasteiger partial charge in [-0.15, -0.1) is 0 Å². The van der Waals surface area contributed by atoms with Crippen LogP contribution in [0.4, 0.5) is 0 Å². The Hall–Kier alpha value is -3.05. The van der Waals surface area contributed by atoms with E-state index in [2.05, 4.69) is 45.9 Å². The molecule has 0 bridgehead atoms. The Balaban J connectivity index is 2.41. The second kappa shape index (κ2) is 35.3. The molecule has 0 aromatic carbocycles. The Morgan fingerprint density at radius 2 is 1.31 bits per heavy atom. The van der Waals surface area contributed by atoms with Crippen molar-refractivity contribution < 1.29 is 51.6 Å². The summed E-state index contributed by atoms with van der Waals surface area (Å²) in [5.41, 5.74) is 2.64. The van der Waals surface area contributed by atoms with Gasteiger partial charge in [-0.25, -0.2) is 4.57 Å². The van der Waals surface area contributed by atoms with E-state index in [9.17, 15) is 24.2 Å². The number of unbranched alkanes of at least 4 members (excludes halogenated alkanes) is 10. The van der Waals surface area contributed by atoms with E-state index >= 15 is 0 Å². The van der Waals surface area contributed by atoms with Crippen LogP contribution < -0.4 is 0 Å². The predicted octanol–water partition coefficient (Wildman–Crippen LogP) is 11.9. The van der Waals surface area contributed by atoms with E-state index in [1.807, 2.05) is 57.6 Å². The number of carbonyl (C=O) groups is 2. The van der Waals surface area contributed by atoms with Crippen molar-refractivity contribution in [2.24, 2.45) is 0 Å². The van der Waals surface area contributed by atoms with Gasteiger partial charge in [0.15, 0.2) is 6.10 Å². The second-order valence-electron chi connectivity index (χ2n) is 17.2. The topological polar surface area (TPSA) is 142 Å². The van der Waals surface area contributed by atoms with E-state index in [0.29, 0.717) is 36.7 Å². The summed E-state index contributed by atoms with van der Waals surface area (Å²) in [6.45, 7) is 8.43. The number of hydrogen-bond donors (Lipinski definition) is 2. The molecule has 2 unspecified atom stereocenters. The van der Waals surface area contributed by atoms with Crippen LogP contribution in [-0.4, -0.2) is 86.1 Å². The van der Waals surface area contributed by atoms with Crippen LogP contribution in [0.5, 0.6) is 0 Å². The number of aryl methyl sites for hydroxylation is 2. The maximum atomic E-state index is 12.8. The predicted molar refractivity (Wildman–Crippen MR) is 252 cm³/mol. The van der Waals surface area contributed by atoms with Crippen LogP contribution in [0.2, 0.25) is 0 Å². The van der Waals surface area contributed by atoms with Gasteiger partial charge in [0.25, 0.3) is 0 Å². The molecule has 0 saturated heterocycles. The van der Waals surface area contributed by atoms with Crippen molar-refractivity contribution in [2.45, 2.75) is 175 Å². The van der Waals surface area contributed by atoms with Crippen molar-refractivity contribution in [2.75, 3.05) is 47.5 Å². The lowest BCUT2D eigenvalue weighted by Gasteiger charge is -2.24. The summed E-state index contributed by atoms with van der Waals surface area (Å²) in [4.78, 5) is 35.5. The number of furan rings is 1. The first-order chi connectivity index (χ1) is 29.7. The molecule has 0 saturated carbocycles. The molecule has 62 heavy (non-hydrogen) atoms. The molecule has 12 heteroatoms. The molecule has 1 rings (SSSR count). The Bertz CT molecular complexity index is 1540. The smallest absolute Gasteiger partial charge is 0.466 e. The Morgan fingerprint density at radius 3 is 1.97 bits per heavy atom. The van der Waals surface area contributed by atoms with Gasteiger partial charge in [-0.3, -0.25) is 18.6 Å². The zero-order valence-corrected chi connectivity index (χ0v) is 40.6. The summed E-state index contributed by atoms with van der Waals surface area (Å²) < 4.78 is 40.5. The number of allylic oxidation sites excluding steroid dienone is 8. The average Bonchev–Trinajstić information content (AvgIpc) is 3.48. The average molecular weight is 891 g/mol. The molecule has 0 aliphatic rings.